The number of piperidine rings is 1. The van der Waals surface area contributed by atoms with Crippen molar-refractivity contribution in [1.82, 2.24) is 15.1 Å². The summed E-state index contributed by atoms with van der Waals surface area (Å²) in [4.78, 5) is 14.0. The molecular weight excluding hydrogens is 232 g/mol. The first-order valence-electron chi connectivity index (χ1n) is 6.34. The Morgan fingerprint density at radius 2 is 2.39 bits per heavy atom. The van der Waals surface area contributed by atoms with Gasteiger partial charge in [0.1, 0.15) is 0 Å². The van der Waals surface area contributed by atoms with E-state index in [1.807, 2.05) is 13.8 Å². The standard InChI is InChI=1S/C12H20N4O2/c1-3-8-10(13)11(15-14-8)12(18)16-5-4-9(17)7(2)6-16/h7,9,17H,3-6,13H2,1-2H3,(H,14,15). The minimum absolute atomic E-state index is 0.0912. The molecule has 2 heterocycles. The van der Waals surface area contributed by atoms with Crippen molar-refractivity contribution in [3.05, 3.63) is 11.4 Å². The Kier molecular flexibility index (Phi) is 3.56. The van der Waals surface area contributed by atoms with Crippen LogP contribution in [-0.2, 0) is 6.42 Å². The lowest BCUT2D eigenvalue weighted by molar-refractivity contribution is 0.0295. The Morgan fingerprint density at radius 3 is 2.94 bits per heavy atom. The molecule has 1 aliphatic heterocycles. The number of hydrogen-bond donors (Lipinski definition) is 3. The van der Waals surface area contributed by atoms with E-state index in [4.69, 9.17) is 5.73 Å². The number of nitrogens with one attached hydrogen (secondary N) is 1. The van der Waals surface area contributed by atoms with Gasteiger partial charge in [-0.05, 0) is 18.8 Å². The second-order valence-electron chi connectivity index (χ2n) is 4.90. The van der Waals surface area contributed by atoms with Crippen LogP contribution < -0.4 is 5.73 Å². The summed E-state index contributed by atoms with van der Waals surface area (Å²) in [5.74, 6) is -0.0595. The smallest absolute Gasteiger partial charge is 0.276 e. The van der Waals surface area contributed by atoms with E-state index in [1.165, 1.54) is 0 Å². The molecule has 18 heavy (non-hydrogen) atoms. The van der Waals surface area contributed by atoms with Crippen LogP contribution in [0.15, 0.2) is 0 Å². The number of nitrogens with zero attached hydrogens (tertiary/aromatic N) is 2. The number of likely N-dealkylation sites (tertiary alicyclic amines) is 1. The van der Waals surface area contributed by atoms with Crippen molar-refractivity contribution in [3.8, 4) is 0 Å². The monoisotopic (exact) mass is 252 g/mol. The molecule has 2 unspecified atom stereocenters. The Hall–Kier alpha value is -1.56. The van der Waals surface area contributed by atoms with Crippen molar-refractivity contribution < 1.29 is 9.90 Å². The zero-order valence-corrected chi connectivity index (χ0v) is 10.8. The number of H-pyrrole nitrogens is 1. The molecule has 0 aromatic carbocycles. The van der Waals surface area contributed by atoms with Crippen LogP contribution in [0.3, 0.4) is 0 Å². The number of aromatic nitrogens is 2. The normalized spacial score (nSPS) is 24.3. The number of rotatable bonds is 2. The van der Waals surface area contributed by atoms with Gasteiger partial charge in [0.05, 0.1) is 17.5 Å². The fourth-order valence-electron chi connectivity index (χ4n) is 2.29. The first-order chi connectivity index (χ1) is 8.54. The van der Waals surface area contributed by atoms with Gasteiger partial charge in [0.25, 0.3) is 5.91 Å². The molecule has 6 nitrogen and oxygen atoms in total. The SMILES string of the molecule is CCc1[nH]nc(C(=O)N2CCC(O)C(C)C2)c1N. The van der Waals surface area contributed by atoms with Gasteiger partial charge in [-0.25, -0.2) is 0 Å². The van der Waals surface area contributed by atoms with Crippen LogP contribution >= 0.6 is 0 Å². The average Bonchev–Trinajstić information content (AvgIpc) is 2.73. The number of carbonyl (C=O) groups is 1. The topological polar surface area (TPSA) is 95.2 Å². The summed E-state index contributed by atoms with van der Waals surface area (Å²) in [6.07, 6.45) is 1.01. The fraction of sp³-hybridized carbons (Fsp3) is 0.667. The molecule has 0 bridgehead atoms. The Bertz CT molecular complexity index is 443. The Labute approximate surface area is 106 Å². The van der Waals surface area contributed by atoms with Crippen molar-refractivity contribution >= 4 is 11.6 Å². The minimum Gasteiger partial charge on any atom is -0.395 e. The lowest BCUT2D eigenvalue weighted by Crippen LogP contribution is -2.45. The van der Waals surface area contributed by atoms with Crippen molar-refractivity contribution in [1.29, 1.82) is 0 Å². The maximum absolute atomic E-state index is 12.3. The summed E-state index contributed by atoms with van der Waals surface area (Å²) in [7, 11) is 0. The van der Waals surface area contributed by atoms with Gasteiger partial charge >= 0.3 is 0 Å². The number of aliphatic hydroxyl groups is 1. The number of carbonyl (C=O) groups excluding carboxylic acids is 1. The highest BCUT2D eigenvalue weighted by Crippen LogP contribution is 2.21. The van der Waals surface area contributed by atoms with Gasteiger partial charge in [0, 0.05) is 13.1 Å². The van der Waals surface area contributed by atoms with E-state index >= 15 is 0 Å². The van der Waals surface area contributed by atoms with E-state index in [1.54, 1.807) is 4.90 Å². The number of aliphatic hydroxyl groups excluding tert-OH is 1. The first-order valence-corrected chi connectivity index (χ1v) is 6.34. The van der Waals surface area contributed by atoms with E-state index < -0.39 is 0 Å². The number of nitrogen functional groups attached to an aromatic ring is 1. The van der Waals surface area contributed by atoms with Crippen LogP contribution in [0.2, 0.25) is 0 Å². The molecule has 0 spiro atoms. The zero-order chi connectivity index (χ0) is 13.3. The highest BCUT2D eigenvalue weighted by atomic mass is 16.3. The largest absolute Gasteiger partial charge is 0.395 e. The van der Waals surface area contributed by atoms with Gasteiger partial charge in [0.2, 0.25) is 0 Å². The summed E-state index contributed by atoms with van der Waals surface area (Å²) in [5, 5.41) is 16.5. The molecule has 1 aliphatic rings. The van der Waals surface area contributed by atoms with Crippen LogP contribution in [-0.4, -0.2) is 45.3 Å². The van der Waals surface area contributed by atoms with Crippen molar-refractivity contribution in [2.75, 3.05) is 18.8 Å². The van der Waals surface area contributed by atoms with Crippen LogP contribution in [0.4, 0.5) is 5.69 Å². The van der Waals surface area contributed by atoms with Gasteiger partial charge < -0.3 is 15.7 Å². The second kappa shape index (κ2) is 4.97. The summed E-state index contributed by atoms with van der Waals surface area (Å²) in [6, 6.07) is 0. The van der Waals surface area contributed by atoms with Gasteiger partial charge in [-0.3, -0.25) is 9.89 Å². The van der Waals surface area contributed by atoms with Crippen LogP contribution in [0, 0.1) is 5.92 Å². The highest BCUT2D eigenvalue weighted by Gasteiger charge is 2.30. The van der Waals surface area contributed by atoms with E-state index in [9.17, 15) is 9.90 Å². The molecule has 2 rings (SSSR count). The molecule has 4 N–H and O–H groups in total. The molecule has 6 heteroatoms. The van der Waals surface area contributed by atoms with Crippen molar-refractivity contribution in [2.45, 2.75) is 32.8 Å². The predicted molar refractivity (Wildman–Crippen MR) is 68.1 cm³/mol. The molecule has 0 radical (unpaired) electrons. The molecule has 1 saturated heterocycles. The molecule has 100 valence electrons. The highest BCUT2D eigenvalue weighted by molar-refractivity contribution is 5.97. The average molecular weight is 252 g/mol. The van der Waals surface area contributed by atoms with Gasteiger partial charge in [-0.1, -0.05) is 13.8 Å². The second-order valence-corrected chi connectivity index (χ2v) is 4.90. The number of aromatic amines is 1. The zero-order valence-electron chi connectivity index (χ0n) is 10.8. The first kappa shape index (κ1) is 12.9. The number of amides is 1. The van der Waals surface area contributed by atoms with Crippen LogP contribution in [0.5, 0.6) is 0 Å². The molecule has 1 aromatic heterocycles. The molecule has 0 aliphatic carbocycles. The van der Waals surface area contributed by atoms with Crippen LogP contribution in [0.25, 0.3) is 0 Å². The fourth-order valence-corrected chi connectivity index (χ4v) is 2.29. The number of aryl methyl sites for hydroxylation is 1. The van der Waals surface area contributed by atoms with Gasteiger partial charge in [-0.2, -0.15) is 5.10 Å². The third kappa shape index (κ3) is 2.20. The van der Waals surface area contributed by atoms with E-state index in [-0.39, 0.29) is 17.9 Å². The van der Waals surface area contributed by atoms with E-state index in [0.717, 1.165) is 12.1 Å². The van der Waals surface area contributed by atoms with E-state index in [0.29, 0.717) is 30.9 Å². The molecule has 1 aromatic rings. The van der Waals surface area contributed by atoms with Gasteiger partial charge in [0.15, 0.2) is 5.69 Å². The quantitative estimate of drug-likeness (QED) is 0.710. The van der Waals surface area contributed by atoms with Crippen molar-refractivity contribution in [2.24, 2.45) is 5.92 Å². The molecular formula is C12H20N4O2. The molecule has 0 saturated carbocycles. The third-order valence-electron chi connectivity index (χ3n) is 3.59. The minimum atomic E-state index is -0.322. The van der Waals surface area contributed by atoms with Crippen LogP contribution in [0.1, 0.15) is 36.5 Å². The summed E-state index contributed by atoms with van der Waals surface area (Å²) in [5.41, 5.74) is 7.43. The Morgan fingerprint density at radius 1 is 1.67 bits per heavy atom. The number of nitrogens with two attached hydrogens (primary N) is 1. The summed E-state index contributed by atoms with van der Waals surface area (Å²) < 4.78 is 0. The third-order valence-corrected chi connectivity index (χ3v) is 3.59. The maximum Gasteiger partial charge on any atom is 0.276 e. The number of hydrogen-bond acceptors (Lipinski definition) is 4. The molecule has 2 atom stereocenters. The summed E-state index contributed by atoms with van der Waals surface area (Å²) in [6.45, 7) is 5.00. The lowest BCUT2D eigenvalue weighted by atomic mass is 9.96. The van der Waals surface area contributed by atoms with Gasteiger partial charge in [-0.15, -0.1) is 0 Å². The summed E-state index contributed by atoms with van der Waals surface area (Å²) >= 11 is 0. The number of anilines is 1. The van der Waals surface area contributed by atoms with E-state index in [2.05, 4.69) is 10.2 Å². The lowest BCUT2D eigenvalue weighted by Gasteiger charge is -2.34. The molecule has 1 amide bonds. The maximum atomic E-state index is 12.3. The molecule has 1 fully saturated rings. The predicted octanol–water partition coefficient (Wildman–Crippen LogP) is 0.397. The van der Waals surface area contributed by atoms with Crippen molar-refractivity contribution in [3.63, 3.8) is 0 Å². The Balaban J connectivity index is 2.14.